The van der Waals surface area contributed by atoms with Gasteiger partial charge in [-0.3, -0.25) is 4.90 Å². The van der Waals surface area contributed by atoms with Gasteiger partial charge in [-0.05, 0) is 81.5 Å². The summed E-state index contributed by atoms with van der Waals surface area (Å²) in [6.07, 6.45) is -3.60. The van der Waals surface area contributed by atoms with Crippen LogP contribution in [-0.4, -0.2) is 64.9 Å². The summed E-state index contributed by atoms with van der Waals surface area (Å²) in [5.74, 6) is 2.17. The summed E-state index contributed by atoms with van der Waals surface area (Å²) in [6, 6.07) is 0.396. The first-order valence-corrected chi connectivity index (χ1v) is 16.0. The van der Waals surface area contributed by atoms with Crippen molar-refractivity contribution in [1.29, 1.82) is 0 Å². The van der Waals surface area contributed by atoms with Crippen LogP contribution in [0.5, 0.6) is 0 Å². The Bertz CT molecular complexity index is 1330. The Hall–Kier alpha value is -3.29. The zero-order chi connectivity index (χ0) is 33.2. The van der Waals surface area contributed by atoms with Crippen LogP contribution < -0.4 is 9.80 Å². The average molecular weight is 658 g/mol. The monoisotopic (exact) mass is 657 g/mol. The number of halogens is 6. The lowest BCUT2D eigenvalue weighted by Gasteiger charge is -2.34. The third-order valence-electron chi connectivity index (χ3n) is 9.55. The number of aliphatic hydroxyl groups excluding tert-OH is 1. The van der Waals surface area contributed by atoms with Crippen molar-refractivity contribution in [2.24, 2.45) is 11.8 Å². The van der Waals surface area contributed by atoms with Gasteiger partial charge >= 0.3 is 18.4 Å². The molecule has 1 aromatic carbocycles. The molecule has 1 aliphatic carbocycles. The number of amides is 1. The number of hydrogen-bond acceptors (Lipinski definition) is 7. The Morgan fingerprint density at radius 2 is 1.59 bits per heavy atom. The number of cyclic esters (lactones) is 1. The second kappa shape index (κ2) is 13.8. The van der Waals surface area contributed by atoms with Crippen LogP contribution >= 0.6 is 0 Å². The Kier molecular flexibility index (Phi) is 10.2. The summed E-state index contributed by atoms with van der Waals surface area (Å²) < 4.78 is 86.9. The summed E-state index contributed by atoms with van der Waals surface area (Å²) in [5, 5.41) is 9.32. The van der Waals surface area contributed by atoms with Gasteiger partial charge in [0.2, 0.25) is 0 Å². The van der Waals surface area contributed by atoms with Gasteiger partial charge < -0.3 is 19.6 Å². The molecule has 8 nitrogen and oxygen atoms in total. The first kappa shape index (κ1) is 34.1. The van der Waals surface area contributed by atoms with Gasteiger partial charge in [0.25, 0.3) is 0 Å². The van der Waals surface area contributed by atoms with Crippen molar-refractivity contribution in [2.75, 3.05) is 42.6 Å². The molecule has 1 N–H and O–H groups in total. The van der Waals surface area contributed by atoms with Crippen molar-refractivity contribution in [3.05, 3.63) is 46.8 Å². The fourth-order valence-corrected chi connectivity index (χ4v) is 6.91. The molecular formula is C32H41F6N5O3. The minimum atomic E-state index is -5.02. The highest BCUT2D eigenvalue weighted by molar-refractivity contribution is 5.71. The number of carbonyl (C=O) groups is 1. The number of carbonyl (C=O) groups excluding carboxylic acids is 1. The largest absolute Gasteiger partial charge is 0.439 e. The van der Waals surface area contributed by atoms with Gasteiger partial charge in [-0.1, -0.05) is 12.8 Å². The molecule has 5 rings (SSSR count). The molecule has 3 heterocycles. The number of aromatic nitrogens is 2. The second-order valence-corrected chi connectivity index (χ2v) is 12.6. The quantitative estimate of drug-likeness (QED) is 0.271. The molecule has 46 heavy (non-hydrogen) atoms. The van der Waals surface area contributed by atoms with Crippen molar-refractivity contribution < 1.29 is 41.0 Å². The number of nitrogens with zero attached hydrogens (tertiary/aromatic N) is 5. The fourth-order valence-electron chi connectivity index (χ4n) is 6.91. The maximum Gasteiger partial charge on any atom is 0.416 e. The highest BCUT2D eigenvalue weighted by atomic mass is 19.4. The lowest BCUT2D eigenvalue weighted by molar-refractivity contribution is -0.143. The number of hydrogen-bond donors (Lipinski definition) is 1. The predicted molar refractivity (Wildman–Crippen MR) is 159 cm³/mol. The van der Waals surface area contributed by atoms with Crippen LogP contribution in [0, 0.1) is 11.8 Å². The first-order valence-electron chi connectivity index (χ1n) is 16.0. The molecule has 14 heteroatoms. The molecule has 254 valence electrons. The summed E-state index contributed by atoms with van der Waals surface area (Å²) >= 11 is 0. The summed E-state index contributed by atoms with van der Waals surface area (Å²) in [5.41, 5.74) is -2.82. The van der Waals surface area contributed by atoms with Crippen LogP contribution in [-0.2, 0) is 23.6 Å². The molecule has 0 radical (unpaired) electrons. The first-order chi connectivity index (χ1) is 21.8. The Labute approximate surface area is 264 Å². The smallest absolute Gasteiger partial charge is 0.416 e. The van der Waals surface area contributed by atoms with E-state index in [1.54, 1.807) is 13.1 Å². The van der Waals surface area contributed by atoms with E-state index >= 15 is 0 Å². The third kappa shape index (κ3) is 7.63. The van der Waals surface area contributed by atoms with Gasteiger partial charge in [0.1, 0.15) is 17.6 Å². The van der Waals surface area contributed by atoms with E-state index in [1.807, 2.05) is 6.92 Å². The van der Waals surface area contributed by atoms with E-state index in [9.17, 15) is 36.2 Å². The van der Waals surface area contributed by atoms with E-state index in [-0.39, 0.29) is 24.8 Å². The van der Waals surface area contributed by atoms with E-state index in [2.05, 4.69) is 9.80 Å². The van der Waals surface area contributed by atoms with Gasteiger partial charge in [-0.15, -0.1) is 0 Å². The van der Waals surface area contributed by atoms with Gasteiger partial charge in [0.15, 0.2) is 5.82 Å². The number of rotatable bonds is 10. The molecule has 1 aromatic heterocycles. The standard InChI is InChI=1S/C32H41F6N5O3/c1-3-41(18-22-8-6-21(7-9-22)10-13-44)29-26(40-27(17-39-29)42-11-4-5-12-42)19-43-20(2)28(46-30(43)45)23-14-24(31(33,34)35)16-25(15-23)32(36,37)38/h14-17,20-22,28,44H,3-13,18-19H2,1-2H3/t20-,21?,22?,28?/m0/s1. The van der Waals surface area contributed by atoms with Crippen LogP contribution in [0.3, 0.4) is 0 Å². The van der Waals surface area contributed by atoms with Crippen molar-refractivity contribution in [3.8, 4) is 0 Å². The molecule has 1 unspecified atom stereocenters. The number of alkyl halides is 6. The zero-order valence-electron chi connectivity index (χ0n) is 26.1. The molecule has 3 aliphatic rings. The number of anilines is 2. The Morgan fingerprint density at radius 3 is 2.15 bits per heavy atom. The van der Waals surface area contributed by atoms with Crippen LogP contribution in [0.15, 0.2) is 24.4 Å². The molecular weight excluding hydrogens is 616 g/mol. The van der Waals surface area contributed by atoms with Crippen LogP contribution in [0.25, 0.3) is 0 Å². The minimum Gasteiger partial charge on any atom is -0.439 e. The maximum absolute atomic E-state index is 13.6. The van der Waals surface area contributed by atoms with Crippen LogP contribution in [0.4, 0.5) is 42.8 Å². The fraction of sp³-hybridized carbons (Fsp3) is 0.656. The van der Waals surface area contributed by atoms with Gasteiger partial charge in [-0.2, -0.15) is 26.3 Å². The van der Waals surface area contributed by atoms with E-state index in [0.717, 1.165) is 64.6 Å². The lowest BCUT2D eigenvalue weighted by Crippen LogP contribution is -2.36. The molecule has 0 bridgehead atoms. The minimum absolute atomic E-state index is 0.0624. The summed E-state index contributed by atoms with van der Waals surface area (Å²) in [6.45, 7) is 6.62. The van der Waals surface area contributed by atoms with E-state index in [1.165, 1.54) is 4.90 Å². The maximum atomic E-state index is 13.6. The van der Waals surface area contributed by atoms with Crippen molar-refractivity contribution in [3.63, 3.8) is 0 Å². The van der Waals surface area contributed by atoms with E-state index < -0.39 is 41.7 Å². The van der Waals surface area contributed by atoms with E-state index in [4.69, 9.17) is 14.7 Å². The Balaban J connectivity index is 1.42. The molecule has 2 aromatic rings. The summed E-state index contributed by atoms with van der Waals surface area (Å²) in [4.78, 5) is 28.5. The second-order valence-electron chi connectivity index (χ2n) is 12.6. The number of aliphatic hydroxyl groups is 1. The molecule has 1 amide bonds. The highest BCUT2D eigenvalue weighted by Crippen LogP contribution is 2.41. The van der Waals surface area contributed by atoms with E-state index in [0.29, 0.717) is 47.8 Å². The van der Waals surface area contributed by atoms with Gasteiger partial charge in [0, 0.05) is 32.8 Å². The van der Waals surface area contributed by atoms with Crippen molar-refractivity contribution >= 4 is 17.7 Å². The number of benzene rings is 1. The van der Waals surface area contributed by atoms with Crippen LogP contribution in [0.2, 0.25) is 0 Å². The summed E-state index contributed by atoms with van der Waals surface area (Å²) in [7, 11) is 0. The topological polar surface area (TPSA) is 82.0 Å². The zero-order valence-corrected chi connectivity index (χ0v) is 26.1. The molecule has 2 atom stereocenters. The van der Waals surface area contributed by atoms with Gasteiger partial charge in [0.05, 0.1) is 29.9 Å². The third-order valence-corrected chi connectivity index (χ3v) is 9.55. The predicted octanol–water partition coefficient (Wildman–Crippen LogP) is 7.21. The number of ether oxygens (including phenoxy) is 1. The SMILES string of the molecule is CCN(CC1CCC(CCO)CC1)c1ncc(N2CCCC2)nc1CN1C(=O)OC(c2cc(C(F)(F)F)cc(C(F)(F)F)c2)[C@@H]1C. The van der Waals surface area contributed by atoms with Crippen LogP contribution in [0.1, 0.15) is 87.3 Å². The van der Waals surface area contributed by atoms with Crippen molar-refractivity contribution in [2.45, 2.75) is 89.8 Å². The Morgan fingerprint density at radius 1 is 0.978 bits per heavy atom. The van der Waals surface area contributed by atoms with Gasteiger partial charge in [-0.25, -0.2) is 14.8 Å². The molecule has 3 fully saturated rings. The average Bonchev–Trinajstić information content (AvgIpc) is 3.65. The van der Waals surface area contributed by atoms with Crippen molar-refractivity contribution in [1.82, 2.24) is 14.9 Å². The molecule has 1 saturated carbocycles. The normalized spacial score (nSPS) is 24.1. The molecule has 2 saturated heterocycles. The molecule has 2 aliphatic heterocycles. The lowest BCUT2D eigenvalue weighted by atomic mass is 9.80. The molecule has 0 spiro atoms. The highest BCUT2D eigenvalue weighted by Gasteiger charge is 2.44.